The largest absolute Gasteiger partial charge is 0.368 e. The van der Waals surface area contributed by atoms with Crippen LogP contribution in [0.5, 0.6) is 0 Å². The highest BCUT2D eigenvalue weighted by atomic mass is 16.2. The van der Waals surface area contributed by atoms with Crippen LogP contribution < -0.4 is 16.0 Å². The number of hydrogen-bond acceptors (Lipinski definition) is 7. The molecule has 11 heteroatoms. The van der Waals surface area contributed by atoms with Gasteiger partial charge in [-0.1, -0.05) is 30.3 Å². The lowest BCUT2D eigenvalue weighted by Gasteiger charge is -2.32. The van der Waals surface area contributed by atoms with Crippen LogP contribution in [0.3, 0.4) is 0 Å². The Balaban J connectivity index is 1.27. The maximum atomic E-state index is 13.4. The van der Waals surface area contributed by atoms with Crippen molar-refractivity contribution in [3.05, 3.63) is 60.3 Å². The molecule has 1 aromatic carbocycles. The molecular weight excluding hydrogens is 482 g/mol. The number of nitrogens with zero attached hydrogens (tertiary/aromatic N) is 4. The highest BCUT2D eigenvalue weighted by Gasteiger charge is 2.25. The molecule has 0 radical (unpaired) electrons. The molecule has 38 heavy (non-hydrogen) atoms. The molecule has 0 unspecified atom stereocenters. The average Bonchev–Trinajstić information content (AvgIpc) is 3.62. The fraction of sp³-hybridized carbons (Fsp3) is 0.370. The molecule has 5 rings (SSSR count). The van der Waals surface area contributed by atoms with Gasteiger partial charge in [0.15, 0.2) is 5.82 Å². The van der Waals surface area contributed by atoms with Crippen LogP contribution in [0.15, 0.2) is 48.9 Å². The summed E-state index contributed by atoms with van der Waals surface area (Å²) >= 11 is 0. The van der Waals surface area contributed by atoms with Crippen molar-refractivity contribution in [3.8, 4) is 11.4 Å². The highest BCUT2D eigenvalue weighted by Crippen LogP contribution is 2.26. The number of carbonyl (C=O) groups excluding carboxylic acids is 2. The predicted molar refractivity (Wildman–Crippen MR) is 146 cm³/mol. The minimum atomic E-state index is -0.0871. The molecule has 4 heterocycles. The second kappa shape index (κ2) is 11.9. The summed E-state index contributed by atoms with van der Waals surface area (Å²) in [6, 6.07) is 11.9. The van der Waals surface area contributed by atoms with E-state index >= 15 is 0 Å². The van der Waals surface area contributed by atoms with Gasteiger partial charge in [0.2, 0.25) is 5.91 Å². The van der Waals surface area contributed by atoms with Crippen molar-refractivity contribution in [2.45, 2.75) is 32.2 Å². The number of aromatic nitrogens is 5. The van der Waals surface area contributed by atoms with Crippen LogP contribution in [-0.4, -0.2) is 80.4 Å². The van der Waals surface area contributed by atoms with Gasteiger partial charge < -0.3 is 30.8 Å². The van der Waals surface area contributed by atoms with E-state index in [1.54, 1.807) is 6.33 Å². The summed E-state index contributed by atoms with van der Waals surface area (Å²) in [5.41, 5.74) is 3.09. The van der Waals surface area contributed by atoms with Gasteiger partial charge in [0.05, 0.1) is 11.7 Å². The lowest BCUT2D eigenvalue weighted by atomic mass is 10.0. The third kappa shape index (κ3) is 6.17. The zero-order valence-electron chi connectivity index (χ0n) is 21.5. The van der Waals surface area contributed by atoms with Crippen molar-refractivity contribution in [1.29, 1.82) is 0 Å². The van der Waals surface area contributed by atoms with Crippen molar-refractivity contribution >= 4 is 28.7 Å². The minimum absolute atomic E-state index is 0.0376. The molecule has 11 nitrogen and oxygen atoms in total. The standard InChI is InChI=1S/C27H33N9O2/c1-18(37)29-11-12-31-25-22-15-23(33-26(22)35-24(34-25)19-5-3-2-4-6-19)27(38)36-13-8-20(9-14-36)30-10-7-21-16-28-17-32-21/h2-6,15-17,20,30H,7-14H2,1H3,(H,28,32)(H,29,37)(H2,31,33,34,35). The molecule has 4 aromatic rings. The maximum absolute atomic E-state index is 13.4. The maximum Gasteiger partial charge on any atom is 0.270 e. The number of H-pyrrole nitrogens is 2. The first-order chi connectivity index (χ1) is 18.6. The summed E-state index contributed by atoms with van der Waals surface area (Å²) in [7, 11) is 0. The number of hydrogen-bond donors (Lipinski definition) is 5. The Morgan fingerprint density at radius 3 is 2.63 bits per heavy atom. The summed E-state index contributed by atoms with van der Waals surface area (Å²) in [5.74, 6) is 1.05. The lowest BCUT2D eigenvalue weighted by Crippen LogP contribution is -2.45. The fourth-order valence-electron chi connectivity index (χ4n) is 4.68. The third-order valence-electron chi connectivity index (χ3n) is 6.71. The van der Waals surface area contributed by atoms with Gasteiger partial charge in [-0.05, 0) is 18.9 Å². The van der Waals surface area contributed by atoms with E-state index in [0.29, 0.717) is 55.2 Å². The van der Waals surface area contributed by atoms with Crippen molar-refractivity contribution in [1.82, 2.24) is 40.5 Å². The van der Waals surface area contributed by atoms with Gasteiger partial charge in [0.25, 0.3) is 5.91 Å². The van der Waals surface area contributed by atoms with Crippen molar-refractivity contribution in [2.75, 3.05) is 38.0 Å². The van der Waals surface area contributed by atoms with E-state index in [4.69, 9.17) is 9.97 Å². The summed E-state index contributed by atoms with van der Waals surface area (Å²) < 4.78 is 0. The molecule has 198 valence electrons. The van der Waals surface area contributed by atoms with Crippen LogP contribution in [-0.2, 0) is 11.2 Å². The number of anilines is 1. The molecule has 3 aromatic heterocycles. The molecule has 0 atom stereocenters. The van der Waals surface area contributed by atoms with Crippen LogP contribution in [0.1, 0.15) is 35.9 Å². The molecule has 1 saturated heterocycles. The number of rotatable bonds is 10. The fourth-order valence-corrected chi connectivity index (χ4v) is 4.68. The summed E-state index contributed by atoms with van der Waals surface area (Å²) in [5, 5.41) is 10.4. The number of nitrogens with one attached hydrogen (secondary N) is 5. The zero-order valence-corrected chi connectivity index (χ0v) is 21.5. The van der Waals surface area contributed by atoms with Crippen LogP contribution in [0.25, 0.3) is 22.4 Å². The van der Waals surface area contributed by atoms with Crippen molar-refractivity contribution in [3.63, 3.8) is 0 Å². The van der Waals surface area contributed by atoms with E-state index in [1.165, 1.54) is 6.92 Å². The predicted octanol–water partition coefficient (Wildman–Crippen LogP) is 2.33. The molecule has 1 aliphatic heterocycles. The molecule has 0 aliphatic carbocycles. The molecule has 5 N–H and O–H groups in total. The number of fused-ring (bicyclic) bond motifs is 1. The number of benzene rings is 1. The number of amides is 2. The first-order valence-electron chi connectivity index (χ1n) is 13.0. The van der Waals surface area contributed by atoms with E-state index in [1.807, 2.05) is 47.5 Å². The number of aromatic amines is 2. The second-order valence-electron chi connectivity index (χ2n) is 9.46. The first-order valence-corrected chi connectivity index (χ1v) is 13.0. The highest BCUT2D eigenvalue weighted by molar-refractivity contribution is 6.00. The Kier molecular flexibility index (Phi) is 7.93. The van der Waals surface area contributed by atoms with E-state index in [0.717, 1.165) is 42.5 Å². The van der Waals surface area contributed by atoms with Crippen LogP contribution >= 0.6 is 0 Å². The summed E-state index contributed by atoms with van der Waals surface area (Å²) in [4.78, 5) is 46.4. The molecule has 0 saturated carbocycles. The van der Waals surface area contributed by atoms with Crippen LogP contribution in [0, 0.1) is 0 Å². The Hall–Kier alpha value is -4.25. The first kappa shape index (κ1) is 25.4. The molecule has 1 fully saturated rings. The monoisotopic (exact) mass is 515 g/mol. The number of imidazole rings is 1. The van der Waals surface area contributed by atoms with Crippen LogP contribution in [0.2, 0.25) is 0 Å². The second-order valence-corrected chi connectivity index (χ2v) is 9.46. The third-order valence-corrected chi connectivity index (χ3v) is 6.71. The SMILES string of the molecule is CC(=O)NCCNc1nc(-c2ccccc2)nc2[nH]c(C(=O)N3CCC(NCCc4cnc[nH]4)CC3)cc12. The zero-order chi connectivity index (χ0) is 26.3. The number of likely N-dealkylation sites (tertiary alicyclic amines) is 1. The van der Waals surface area contributed by atoms with Gasteiger partial charge >= 0.3 is 0 Å². The molecule has 2 amide bonds. The van der Waals surface area contributed by atoms with E-state index in [2.05, 4.69) is 30.9 Å². The smallest absolute Gasteiger partial charge is 0.270 e. The molecule has 0 bridgehead atoms. The van der Waals surface area contributed by atoms with Gasteiger partial charge in [-0.15, -0.1) is 0 Å². The molecule has 0 spiro atoms. The van der Waals surface area contributed by atoms with E-state index in [-0.39, 0.29) is 11.8 Å². The van der Waals surface area contributed by atoms with Gasteiger partial charge in [-0.2, -0.15) is 0 Å². The molecule has 1 aliphatic rings. The Bertz CT molecular complexity index is 1360. The summed E-state index contributed by atoms with van der Waals surface area (Å²) in [6.45, 7) is 4.71. The van der Waals surface area contributed by atoms with E-state index < -0.39 is 0 Å². The Labute approximate surface area is 220 Å². The Morgan fingerprint density at radius 2 is 1.89 bits per heavy atom. The van der Waals surface area contributed by atoms with Gasteiger partial charge in [-0.25, -0.2) is 15.0 Å². The summed E-state index contributed by atoms with van der Waals surface area (Å²) in [6.07, 6.45) is 6.26. The normalized spacial score (nSPS) is 14.1. The quantitative estimate of drug-likeness (QED) is 0.204. The lowest BCUT2D eigenvalue weighted by molar-refractivity contribution is -0.118. The molecular formula is C27H33N9O2. The van der Waals surface area contributed by atoms with Gasteiger partial charge in [0.1, 0.15) is 17.2 Å². The van der Waals surface area contributed by atoms with E-state index in [9.17, 15) is 9.59 Å². The van der Waals surface area contributed by atoms with Crippen molar-refractivity contribution < 1.29 is 9.59 Å². The number of carbonyl (C=O) groups is 2. The minimum Gasteiger partial charge on any atom is -0.368 e. The number of piperidine rings is 1. The van der Waals surface area contributed by atoms with Gasteiger partial charge in [-0.3, -0.25) is 9.59 Å². The topological polar surface area (TPSA) is 144 Å². The van der Waals surface area contributed by atoms with Crippen molar-refractivity contribution in [2.24, 2.45) is 0 Å². The average molecular weight is 516 g/mol. The van der Waals surface area contributed by atoms with Gasteiger partial charge in [0, 0.05) is 69.6 Å². The Morgan fingerprint density at radius 1 is 1.08 bits per heavy atom. The van der Waals surface area contributed by atoms with Crippen LogP contribution in [0.4, 0.5) is 5.82 Å².